The van der Waals surface area contributed by atoms with Crippen LogP contribution in [0.4, 0.5) is 10.2 Å². The lowest BCUT2D eigenvalue weighted by molar-refractivity contribution is -0.122. The molecule has 0 unspecified atom stereocenters. The number of carbonyl (C=O) groups is 2. The van der Waals surface area contributed by atoms with Crippen LogP contribution < -0.4 is 5.32 Å². The standard InChI is InChI=1S/C11H11FN2O2/c12-8-2-4-10(13-6-8)14-11(16)7-1-3-9(15)5-7/h2,4,6-7H,1,3,5H2,(H,13,14,16)/t7-/m0/s1. The van der Waals surface area contributed by atoms with Crippen molar-refractivity contribution in [2.45, 2.75) is 19.3 Å². The summed E-state index contributed by atoms with van der Waals surface area (Å²) in [6, 6.07) is 2.62. The third-order valence-corrected chi connectivity index (χ3v) is 2.60. The number of nitrogens with zero attached hydrogens (tertiary/aromatic N) is 1. The van der Waals surface area contributed by atoms with Gasteiger partial charge in [0.15, 0.2) is 0 Å². The molecule has 1 aromatic heterocycles. The molecule has 0 spiro atoms. The van der Waals surface area contributed by atoms with Crippen LogP contribution in [0.3, 0.4) is 0 Å². The Kier molecular flexibility index (Phi) is 2.94. The van der Waals surface area contributed by atoms with Gasteiger partial charge in [-0.2, -0.15) is 0 Å². The summed E-state index contributed by atoms with van der Waals surface area (Å²) in [5.41, 5.74) is 0. The van der Waals surface area contributed by atoms with Crippen molar-refractivity contribution < 1.29 is 14.0 Å². The molecule has 1 fully saturated rings. The predicted molar refractivity (Wildman–Crippen MR) is 55.2 cm³/mol. The van der Waals surface area contributed by atoms with Gasteiger partial charge in [0.05, 0.1) is 6.20 Å². The van der Waals surface area contributed by atoms with Crippen molar-refractivity contribution in [1.29, 1.82) is 0 Å². The van der Waals surface area contributed by atoms with Crippen molar-refractivity contribution in [1.82, 2.24) is 4.98 Å². The minimum Gasteiger partial charge on any atom is -0.310 e. The van der Waals surface area contributed by atoms with Gasteiger partial charge in [0.1, 0.15) is 17.4 Å². The zero-order valence-electron chi connectivity index (χ0n) is 8.57. The third-order valence-electron chi connectivity index (χ3n) is 2.60. The van der Waals surface area contributed by atoms with Gasteiger partial charge in [-0.15, -0.1) is 0 Å². The molecule has 1 aliphatic carbocycles. The Labute approximate surface area is 91.9 Å². The Morgan fingerprint density at radius 1 is 1.50 bits per heavy atom. The Morgan fingerprint density at radius 3 is 2.88 bits per heavy atom. The van der Waals surface area contributed by atoms with Crippen LogP contribution in [0.15, 0.2) is 18.3 Å². The van der Waals surface area contributed by atoms with Crippen molar-refractivity contribution in [2.75, 3.05) is 5.32 Å². The van der Waals surface area contributed by atoms with Gasteiger partial charge in [-0.05, 0) is 18.6 Å². The van der Waals surface area contributed by atoms with E-state index < -0.39 is 5.82 Å². The predicted octanol–water partition coefficient (Wildman–Crippen LogP) is 1.53. The molecule has 0 aliphatic heterocycles. The number of rotatable bonds is 2. The van der Waals surface area contributed by atoms with E-state index in [4.69, 9.17) is 0 Å². The molecule has 0 saturated heterocycles. The van der Waals surface area contributed by atoms with Crippen LogP contribution in [-0.2, 0) is 9.59 Å². The van der Waals surface area contributed by atoms with Gasteiger partial charge in [0, 0.05) is 18.8 Å². The van der Waals surface area contributed by atoms with Crippen molar-refractivity contribution in [3.05, 3.63) is 24.1 Å². The van der Waals surface area contributed by atoms with E-state index in [9.17, 15) is 14.0 Å². The molecule has 0 aromatic carbocycles. The second-order valence-corrected chi connectivity index (χ2v) is 3.83. The number of hydrogen-bond donors (Lipinski definition) is 1. The molecule has 2 rings (SSSR count). The van der Waals surface area contributed by atoms with Crippen LogP contribution in [0.5, 0.6) is 0 Å². The fourth-order valence-electron chi connectivity index (χ4n) is 1.72. The van der Waals surface area contributed by atoms with Crippen molar-refractivity contribution in [2.24, 2.45) is 5.92 Å². The topological polar surface area (TPSA) is 59.1 Å². The molecule has 1 amide bonds. The number of pyridine rings is 1. The number of nitrogens with one attached hydrogen (secondary N) is 1. The van der Waals surface area contributed by atoms with Crippen LogP contribution in [0.1, 0.15) is 19.3 Å². The molecule has 1 heterocycles. The Balaban J connectivity index is 1.97. The van der Waals surface area contributed by atoms with Crippen LogP contribution in [0.25, 0.3) is 0 Å². The SMILES string of the molecule is O=C1CC[C@H](C(=O)Nc2ccc(F)cn2)C1. The Hall–Kier alpha value is -1.78. The minimum atomic E-state index is -0.450. The number of halogens is 1. The van der Waals surface area contributed by atoms with Crippen molar-refractivity contribution in [3.63, 3.8) is 0 Å². The second-order valence-electron chi connectivity index (χ2n) is 3.83. The van der Waals surface area contributed by atoms with Crippen LogP contribution >= 0.6 is 0 Å². The number of amides is 1. The molecule has 0 bridgehead atoms. The first-order valence-corrected chi connectivity index (χ1v) is 5.09. The fraction of sp³-hybridized carbons (Fsp3) is 0.364. The largest absolute Gasteiger partial charge is 0.310 e. The molecule has 84 valence electrons. The van der Waals surface area contributed by atoms with E-state index in [0.29, 0.717) is 25.1 Å². The molecule has 1 N–H and O–H groups in total. The summed E-state index contributed by atoms with van der Waals surface area (Å²) in [7, 11) is 0. The molecule has 1 aliphatic rings. The average molecular weight is 222 g/mol. The van der Waals surface area contributed by atoms with Crippen LogP contribution in [0, 0.1) is 11.7 Å². The highest BCUT2D eigenvalue weighted by molar-refractivity contribution is 5.96. The summed E-state index contributed by atoms with van der Waals surface area (Å²) in [4.78, 5) is 26.4. The summed E-state index contributed by atoms with van der Waals surface area (Å²) in [6.45, 7) is 0. The highest BCUT2D eigenvalue weighted by Gasteiger charge is 2.28. The maximum atomic E-state index is 12.6. The normalized spacial score (nSPS) is 19.8. The van der Waals surface area contributed by atoms with E-state index >= 15 is 0 Å². The van der Waals surface area contributed by atoms with Gasteiger partial charge in [-0.3, -0.25) is 9.59 Å². The average Bonchev–Trinajstić information content (AvgIpc) is 2.68. The lowest BCUT2D eigenvalue weighted by Crippen LogP contribution is -2.21. The second kappa shape index (κ2) is 4.38. The van der Waals surface area contributed by atoms with E-state index in [1.165, 1.54) is 12.1 Å². The summed E-state index contributed by atoms with van der Waals surface area (Å²) < 4.78 is 12.6. The van der Waals surface area contributed by atoms with Gasteiger partial charge < -0.3 is 5.32 Å². The summed E-state index contributed by atoms with van der Waals surface area (Å²) >= 11 is 0. The molecular formula is C11H11FN2O2. The first kappa shape index (κ1) is 10.7. The quantitative estimate of drug-likeness (QED) is 0.825. The molecule has 5 heteroatoms. The number of Topliss-reactive ketones (excluding diaryl/α,β-unsaturated/α-hetero) is 1. The number of aromatic nitrogens is 1. The van der Waals surface area contributed by atoms with Crippen molar-refractivity contribution in [3.8, 4) is 0 Å². The molecular weight excluding hydrogens is 211 g/mol. The Morgan fingerprint density at radius 2 is 2.31 bits per heavy atom. The lowest BCUT2D eigenvalue weighted by atomic mass is 10.1. The van der Waals surface area contributed by atoms with Gasteiger partial charge in [-0.25, -0.2) is 9.37 Å². The first-order chi connectivity index (χ1) is 7.65. The van der Waals surface area contributed by atoms with Crippen LogP contribution in [0.2, 0.25) is 0 Å². The smallest absolute Gasteiger partial charge is 0.229 e. The third kappa shape index (κ3) is 2.42. The maximum Gasteiger partial charge on any atom is 0.229 e. The fourth-order valence-corrected chi connectivity index (χ4v) is 1.72. The van der Waals surface area contributed by atoms with Crippen molar-refractivity contribution >= 4 is 17.5 Å². The number of anilines is 1. The monoisotopic (exact) mass is 222 g/mol. The highest BCUT2D eigenvalue weighted by atomic mass is 19.1. The molecule has 1 aromatic rings. The number of hydrogen-bond acceptors (Lipinski definition) is 3. The number of carbonyl (C=O) groups excluding carboxylic acids is 2. The summed E-state index contributed by atoms with van der Waals surface area (Å²) in [5, 5.41) is 2.56. The van der Waals surface area contributed by atoms with E-state index in [0.717, 1.165) is 6.20 Å². The summed E-state index contributed by atoms with van der Waals surface area (Å²) in [5.74, 6) is -0.503. The van der Waals surface area contributed by atoms with E-state index in [-0.39, 0.29) is 17.6 Å². The molecule has 0 radical (unpaired) electrons. The van der Waals surface area contributed by atoms with E-state index in [1.807, 2.05) is 0 Å². The van der Waals surface area contributed by atoms with Gasteiger partial charge in [0.2, 0.25) is 5.91 Å². The highest BCUT2D eigenvalue weighted by Crippen LogP contribution is 2.23. The minimum absolute atomic E-state index is 0.118. The summed E-state index contributed by atoms with van der Waals surface area (Å²) in [6.07, 6.45) is 2.39. The molecule has 1 atom stereocenters. The van der Waals surface area contributed by atoms with Gasteiger partial charge in [-0.1, -0.05) is 0 Å². The molecule has 16 heavy (non-hydrogen) atoms. The van der Waals surface area contributed by atoms with E-state index in [2.05, 4.69) is 10.3 Å². The zero-order valence-corrected chi connectivity index (χ0v) is 8.57. The van der Waals surface area contributed by atoms with Gasteiger partial charge >= 0.3 is 0 Å². The maximum absolute atomic E-state index is 12.6. The number of ketones is 1. The lowest BCUT2D eigenvalue weighted by Gasteiger charge is -2.08. The van der Waals surface area contributed by atoms with Gasteiger partial charge in [0.25, 0.3) is 0 Å². The Bertz CT molecular complexity index is 416. The first-order valence-electron chi connectivity index (χ1n) is 5.09. The zero-order chi connectivity index (χ0) is 11.5. The molecule has 1 saturated carbocycles. The van der Waals surface area contributed by atoms with E-state index in [1.54, 1.807) is 0 Å². The molecule has 4 nitrogen and oxygen atoms in total. The van der Waals surface area contributed by atoms with Crippen LogP contribution in [-0.4, -0.2) is 16.7 Å².